The second-order valence-electron chi connectivity index (χ2n) is 4.80. The molecule has 0 bridgehead atoms. The van der Waals surface area contributed by atoms with Crippen molar-refractivity contribution in [2.45, 2.75) is 32.2 Å². The molecule has 2 aromatic rings. The maximum absolute atomic E-state index is 5.80. The Morgan fingerprint density at radius 3 is 2.82 bits per heavy atom. The van der Waals surface area contributed by atoms with Crippen molar-refractivity contribution < 1.29 is 0 Å². The molecule has 0 spiro atoms. The SMILES string of the molecule is Cc1sc2ncnc(NC3(CN)CC3)c2c1C. The van der Waals surface area contributed by atoms with Gasteiger partial charge in [0.15, 0.2) is 0 Å². The van der Waals surface area contributed by atoms with Gasteiger partial charge in [-0.25, -0.2) is 9.97 Å². The molecule has 0 aromatic carbocycles. The highest BCUT2D eigenvalue weighted by Crippen LogP contribution is 2.40. The molecule has 3 rings (SSSR count). The molecule has 3 N–H and O–H groups in total. The zero-order valence-electron chi connectivity index (χ0n) is 10.1. The van der Waals surface area contributed by atoms with Gasteiger partial charge in [-0.15, -0.1) is 11.3 Å². The summed E-state index contributed by atoms with van der Waals surface area (Å²) < 4.78 is 0. The first-order chi connectivity index (χ1) is 8.15. The molecule has 4 nitrogen and oxygen atoms in total. The van der Waals surface area contributed by atoms with Crippen molar-refractivity contribution in [3.63, 3.8) is 0 Å². The zero-order valence-corrected chi connectivity index (χ0v) is 10.9. The second kappa shape index (κ2) is 3.65. The molecule has 0 radical (unpaired) electrons. The summed E-state index contributed by atoms with van der Waals surface area (Å²) in [6.07, 6.45) is 3.90. The molecule has 0 amide bonds. The number of hydrogen-bond acceptors (Lipinski definition) is 5. The highest BCUT2D eigenvalue weighted by molar-refractivity contribution is 7.18. The first-order valence-electron chi connectivity index (χ1n) is 5.84. The normalized spacial score (nSPS) is 17.4. The van der Waals surface area contributed by atoms with Crippen molar-refractivity contribution in [3.8, 4) is 0 Å². The van der Waals surface area contributed by atoms with Crippen LogP contribution in [0.2, 0.25) is 0 Å². The third-order valence-corrected chi connectivity index (χ3v) is 4.71. The Morgan fingerprint density at radius 1 is 1.41 bits per heavy atom. The Labute approximate surface area is 104 Å². The van der Waals surface area contributed by atoms with Gasteiger partial charge in [0.25, 0.3) is 0 Å². The van der Waals surface area contributed by atoms with E-state index in [1.807, 2.05) is 0 Å². The van der Waals surface area contributed by atoms with Crippen LogP contribution >= 0.6 is 11.3 Å². The molecule has 2 aromatic heterocycles. The molecular weight excluding hydrogens is 232 g/mol. The maximum Gasteiger partial charge on any atom is 0.138 e. The summed E-state index contributed by atoms with van der Waals surface area (Å²) in [6, 6.07) is 0. The van der Waals surface area contributed by atoms with E-state index in [9.17, 15) is 0 Å². The molecule has 0 aliphatic heterocycles. The number of fused-ring (bicyclic) bond motifs is 1. The van der Waals surface area contributed by atoms with E-state index in [4.69, 9.17) is 5.73 Å². The lowest BCUT2D eigenvalue weighted by atomic mass is 10.2. The first kappa shape index (κ1) is 10.9. The molecule has 17 heavy (non-hydrogen) atoms. The molecule has 1 aliphatic rings. The number of hydrogen-bond donors (Lipinski definition) is 2. The van der Waals surface area contributed by atoms with E-state index in [0.717, 1.165) is 28.9 Å². The van der Waals surface area contributed by atoms with Crippen LogP contribution in [0.1, 0.15) is 23.3 Å². The van der Waals surface area contributed by atoms with Crippen molar-refractivity contribution in [1.82, 2.24) is 9.97 Å². The second-order valence-corrected chi connectivity index (χ2v) is 6.00. The predicted molar refractivity (Wildman–Crippen MR) is 71.5 cm³/mol. The Balaban J connectivity index is 2.10. The van der Waals surface area contributed by atoms with Gasteiger partial charge in [-0.05, 0) is 32.3 Å². The lowest BCUT2D eigenvalue weighted by Gasteiger charge is -2.16. The third-order valence-electron chi connectivity index (χ3n) is 3.59. The topological polar surface area (TPSA) is 63.8 Å². The maximum atomic E-state index is 5.80. The van der Waals surface area contributed by atoms with Crippen molar-refractivity contribution in [2.24, 2.45) is 5.73 Å². The Bertz CT molecular complexity index is 571. The molecule has 0 unspecified atom stereocenters. The molecular formula is C12H16N4S. The van der Waals surface area contributed by atoms with Crippen LogP contribution in [0.4, 0.5) is 5.82 Å². The lowest BCUT2D eigenvalue weighted by molar-refractivity contribution is 0.738. The van der Waals surface area contributed by atoms with Crippen LogP contribution in [0.3, 0.4) is 0 Å². The van der Waals surface area contributed by atoms with Gasteiger partial charge in [0.1, 0.15) is 17.0 Å². The van der Waals surface area contributed by atoms with Crippen molar-refractivity contribution in [1.29, 1.82) is 0 Å². The van der Waals surface area contributed by atoms with Gasteiger partial charge in [0.2, 0.25) is 0 Å². The van der Waals surface area contributed by atoms with Crippen LogP contribution in [0.15, 0.2) is 6.33 Å². The van der Waals surface area contributed by atoms with E-state index in [1.165, 1.54) is 10.4 Å². The molecule has 0 atom stereocenters. The summed E-state index contributed by atoms with van der Waals surface area (Å²) in [4.78, 5) is 11.1. The van der Waals surface area contributed by atoms with Gasteiger partial charge in [-0.3, -0.25) is 0 Å². The number of thiophene rings is 1. The number of anilines is 1. The third kappa shape index (κ3) is 1.70. The fraction of sp³-hybridized carbons (Fsp3) is 0.500. The summed E-state index contributed by atoms with van der Waals surface area (Å²) in [7, 11) is 0. The molecule has 1 fully saturated rings. The van der Waals surface area contributed by atoms with Crippen molar-refractivity contribution >= 4 is 27.4 Å². The van der Waals surface area contributed by atoms with E-state index in [2.05, 4.69) is 29.1 Å². The van der Waals surface area contributed by atoms with Crippen LogP contribution in [-0.4, -0.2) is 22.1 Å². The zero-order chi connectivity index (χ0) is 12.0. The summed E-state index contributed by atoms with van der Waals surface area (Å²) >= 11 is 1.72. The fourth-order valence-corrected chi connectivity index (χ4v) is 3.06. The molecule has 90 valence electrons. The minimum absolute atomic E-state index is 0.0869. The fourth-order valence-electron chi connectivity index (χ4n) is 2.06. The van der Waals surface area contributed by atoms with Crippen LogP contribution in [0, 0.1) is 13.8 Å². The summed E-state index contributed by atoms with van der Waals surface area (Å²) in [5.74, 6) is 0.944. The number of rotatable bonds is 3. The van der Waals surface area contributed by atoms with Gasteiger partial charge in [-0.1, -0.05) is 0 Å². The van der Waals surface area contributed by atoms with Crippen molar-refractivity contribution in [2.75, 3.05) is 11.9 Å². The van der Waals surface area contributed by atoms with Gasteiger partial charge < -0.3 is 11.1 Å². The highest BCUT2D eigenvalue weighted by Gasteiger charge is 2.41. The van der Waals surface area contributed by atoms with Crippen LogP contribution < -0.4 is 11.1 Å². The molecule has 1 saturated carbocycles. The van der Waals surface area contributed by atoms with E-state index in [-0.39, 0.29) is 5.54 Å². The molecule has 2 heterocycles. The van der Waals surface area contributed by atoms with Gasteiger partial charge in [0.05, 0.1) is 10.9 Å². The number of nitrogens with one attached hydrogen (secondary N) is 1. The number of nitrogens with two attached hydrogens (primary N) is 1. The largest absolute Gasteiger partial charge is 0.363 e. The Hall–Kier alpha value is -1.20. The molecule has 0 saturated heterocycles. The minimum atomic E-state index is 0.0869. The van der Waals surface area contributed by atoms with Gasteiger partial charge in [-0.2, -0.15) is 0 Å². The van der Waals surface area contributed by atoms with E-state index < -0.39 is 0 Å². The van der Waals surface area contributed by atoms with E-state index in [0.29, 0.717) is 6.54 Å². The number of aromatic nitrogens is 2. The van der Waals surface area contributed by atoms with Crippen LogP contribution in [0.25, 0.3) is 10.2 Å². The first-order valence-corrected chi connectivity index (χ1v) is 6.66. The quantitative estimate of drug-likeness (QED) is 0.874. The standard InChI is InChI=1S/C12H16N4S/c1-7-8(2)17-11-9(7)10(14-6-15-11)16-12(5-13)3-4-12/h6H,3-5,13H2,1-2H3,(H,14,15,16). The minimum Gasteiger partial charge on any atom is -0.363 e. The molecule has 5 heteroatoms. The van der Waals surface area contributed by atoms with Crippen LogP contribution in [0.5, 0.6) is 0 Å². The smallest absolute Gasteiger partial charge is 0.138 e. The highest BCUT2D eigenvalue weighted by atomic mass is 32.1. The summed E-state index contributed by atoms with van der Waals surface area (Å²) in [5.41, 5.74) is 7.17. The average molecular weight is 248 g/mol. The summed E-state index contributed by atoms with van der Waals surface area (Å²) in [6.45, 7) is 4.92. The van der Waals surface area contributed by atoms with Gasteiger partial charge in [0, 0.05) is 11.4 Å². The van der Waals surface area contributed by atoms with E-state index in [1.54, 1.807) is 17.7 Å². The number of nitrogens with zero attached hydrogens (tertiary/aromatic N) is 2. The van der Waals surface area contributed by atoms with Gasteiger partial charge >= 0.3 is 0 Å². The Kier molecular flexibility index (Phi) is 2.34. The molecule has 1 aliphatic carbocycles. The Morgan fingerprint density at radius 2 is 2.18 bits per heavy atom. The number of aryl methyl sites for hydroxylation is 2. The van der Waals surface area contributed by atoms with Crippen LogP contribution in [-0.2, 0) is 0 Å². The monoisotopic (exact) mass is 248 g/mol. The predicted octanol–water partition coefficient (Wildman–Crippen LogP) is 2.21. The van der Waals surface area contributed by atoms with E-state index >= 15 is 0 Å². The van der Waals surface area contributed by atoms with Crippen molar-refractivity contribution in [3.05, 3.63) is 16.8 Å². The summed E-state index contributed by atoms with van der Waals surface area (Å²) in [5, 5.41) is 4.67. The average Bonchev–Trinajstić information content (AvgIpc) is 3.03. The lowest BCUT2D eigenvalue weighted by Crippen LogP contribution is -2.31.